The molecule has 0 radical (unpaired) electrons. The highest BCUT2D eigenvalue weighted by atomic mass is 16.7. The summed E-state index contributed by atoms with van der Waals surface area (Å²) in [6.45, 7) is 1.88. The minimum absolute atomic E-state index is 0.0387. The number of carbonyl (C=O) groups excluding carboxylic acids is 2. The summed E-state index contributed by atoms with van der Waals surface area (Å²) in [5.74, 6) is 4.77. The van der Waals surface area contributed by atoms with Crippen LogP contribution < -0.4 is 21.1 Å². The molecule has 2 rings (SSSR count). The Hall–Kier alpha value is -2.12. The summed E-state index contributed by atoms with van der Waals surface area (Å²) >= 11 is 0. The van der Waals surface area contributed by atoms with E-state index in [-0.39, 0.29) is 18.9 Å². The third-order valence-electron chi connectivity index (χ3n) is 2.79. The zero-order valence-electron chi connectivity index (χ0n) is 10.5. The number of anilines is 1. The number of nitrogens with one attached hydrogen (secondary N) is 1. The van der Waals surface area contributed by atoms with Crippen molar-refractivity contribution in [3.05, 3.63) is 24.3 Å². The number of rotatable bonds is 4. The van der Waals surface area contributed by atoms with Crippen LogP contribution in [0.15, 0.2) is 24.3 Å². The maximum atomic E-state index is 12.1. The van der Waals surface area contributed by atoms with Gasteiger partial charge in [0, 0.05) is 6.54 Å². The van der Waals surface area contributed by atoms with Gasteiger partial charge in [-0.05, 0) is 19.1 Å². The molecular weight excluding hydrogens is 250 g/mol. The van der Waals surface area contributed by atoms with Gasteiger partial charge < -0.3 is 14.5 Å². The molecule has 0 saturated carbocycles. The number of amides is 1. The minimum atomic E-state index is -0.571. The molecule has 1 aromatic rings. The molecule has 0 saturated heterocycles. The van der Waals surface area contributed by atoms with E-state index in [0.717, 1.165) is 0 Å². The average Bonchev–Trinajstić information content (AvgIpc) is 2.39. The zero-order chi connectivity index (χ0) is 13.8. The largest absolute Gasteiger partial charge is 0.479 e. The number of benzene rings is 1. The first-order chi connectivity index (χ1) is 9.13. The summed E-state index contributed by atoms with van der Waals surface area (Å²) in [6.07, 6.45) is -0.532. The molecule has 3 N–H and O–H groups in total. The molecule has 1 amide bonds. The summed E-state index contributed by atoms with van der Waals surface area (Å²) < 4.78 is 5.49. The molecule has 0 spiro atoms. The fourth-order valence-electron chi connectivity index (χ4n) is 1.91. The first kappa shape index (κ1) is 13.3. The number of nitrogens with zero attached hydrogens (tertiary/aromatic N) is 1. The Kier molecular flexibility index (Phi) is 3.98. The minimum Gasteiger partial charge on any atom is -0.479 e. The van der Waals surface area contributed by atoms with Gasteiger partial charge in [0.1, 0.15) is 5.75 Å². The molecule has 7 nitrogen and oxygen atoms in total. The second-order valence-corrected chi connectivity index (χ2v) is 4.06. The third-order valence-corrected chi connectivity index (χ3v) is 2.79. The van der Waals surface area contributed by atoms with Crippen molar-refractivity contribution in [1.29, 1.82) is 0 Å². The van der Waals surface area contributed by atoms with Gasteiger partial charge in [-0.1, -0.05) is 17.7 Å². The van der Waals surface area contributed by atoms with E-state index in [2.05, 4.69) is 4.84 Å². The van der Waals surface area contributed by atoms with Gasteiger partial charge in [-0.25, -0.2) is 5.84 Å². The molecular formula is C12H15N3O4. The number of carbonyl (C=O) groups is 2. The number of para-hydroxylation sites is 2. The van der Waals surface area contributed by atoms with E-state index in [9.17, 15) is 9.59 Å². The molecule has 1 atom stereocenters. The molecule has 1 aromatic carbocycles. The van der Waals surface area contributed by atoms with Crippen LogP contribution in [0.25, 0.3) is 0 Å². The van der Waals surface area contributed by atoms with E-state index in [1.165, 1.54) is 4.90 Å². The van der Waals surface area contributed by atoms with Crippen LogP contribution in [0.2, 0.25) is 0 Å². The quantitative estimate of drug-likeness (QED) is 0.593. The number of nitrogens with two attached hydrogens (primary N) is 1. The molecule has 1 aliphatic heterocycles. The van der Waals surface area contributed by atoms with Crippen molar-refractivity contribution < 1.29 is 19.2 Å². The molecule has 0 aromatic heterocycles. The first-order valence-corrected chi connectivity index (χ1v) is 5.86. The van der Waals surface area contributed by atoms with E-state index < -0.39 is 12.1 Å². The van der Waals surface area contributed by atoms with Crippen molar-refractivity contribution in [2.45, 2.75) is 19.4 Å². The normalized spacial score (nSPS) is 17.7. The van der Waals surface area contributed by atoms with Gasteiger partial charge in [0.2, 0.25) is 0 Å². The van der Waals surface area contributed by atoms with Crippen molar-refractivity contribution in [1.82, 2.24) is 5.59 Å². The van der Waals surface area contributed by atoms with Crippen molar-refractivity contribution in [3.8, 4) is 5.75 Å². The molecule has 7 heteroatoms. The van der Waals surface area contributed by atoms with Gasteiger partial charge in [-0.15, -0.1) is 0 Å². The van der Waals surface area contributed by atoms with E-state index in [1.807, 2.05) is 11.7 Å². The fourth-order valence-corrected chi connectivity index (χ4v) is 1.91. The number of hydrazine groups is 1. The standard InChI is InChI=1S/C12H15N3O4/c1-8-12(17)15(7-6-11(16)19-14-13)9-4-2-3-5-10(9)18-8/h2-5,8,14H,6-7,13H2,1H3. The lowest BCUT2D eigenvalue weighted by Crippen LogP contribution is -2.45. The molecule has 19 heavy (non-hydrogen) atoms. The maximum absolute atomic E-state index is 12.1. The lowest BCUT2D eigenvalue weighted by atomic mass is 10.2. The summed E-state index contributed by atoms with van der Waals surface area (Å²) in [4.78, 5) is 29.2. The van der Waals surface area contributed by atoms with Crippen LogP contribution in [0.3, 0.4) is 0 Å². The van der Waals surface area contributed by atoms with Crippen molar-refractivity contribution in [3.63, 3.8) is 0 Å². The Labute approximate surface area is 110 Å². The van der Waals surface area contributed by atoms with Gasteiger partial charge in [0.05, 0.1) is 12.1 Å². The predicted molar refractivity (Wildman–Crippen MR) is 66.9 cm³/mol. The lowest BCUT2D eigenvalue weighted by Gasteiger charge is -2.32. The number of ether oxygens (including phenoxy) is 1. The van der Waals surface area contributed by atoms with Gasteiger partial charge in [0.25, 0.3) is 5.91 Å². The SMILES string of the molecule is CC1Oc2ccccc2N(CCC(=O)ONN)C1=O. The second kappa shape index (κ2) is 5.68. The van der Waals surface area contributed by atoms with Crippen molar-refractivity contribution in [2.75, 3.05) is 11.4 Å². The van der Waals surface area contributed by atoms with E-state index in [0.29, 0.717) is 11.4 Å². The summed E-state index contributed by atoms with van der Waals surface area (Å²) in [7, 11) is 0. The molecule has 1 aliphatic rings. The Morgan fingerprint density at radius 2 is 2.26 bits per heavy atom. The van der Waals surface area contributed by atoms with Gasteiger partial charge >= 0.3 is 5.97 Å². The van der Waals surface area contributed by atoms with Crippen LogP contribution in [0.5, 0.6) is 5.75 Å². The topological polar surface area (TPSA) is 93.9 Å². The number of hydrogen-bond acceptors (Lipinski definition) is 6. The highest BCUT2D eigenvalue weighted by molar-refractivity contribution is 6.00. The molecule has 102 valence electrons. The summed E-state index contributed by atoms with van der Waals surface area (Å²) in [5.41, 5.74) is 2.47. The molecule has 0 bridgehead atoms. The fraction of sp³-hybridized carbons (Fsp3) is 0.333. The summed E-state index contributed by atoms with van der Waals surface area (Å²) in [5, 5.41) is 0. The van der Waals surface area contributed by atoms with E-state index >= 15 is 0 Å². The molecule has 0 aliphatic carbocycles. The monoisotopic (exact) mass is 265 g/mol. The third kappa shape index (κ3) is 2.83. The molecule has 1 unspecified atom stereocenters. The maximum Gasteiger partial charge on any atom is 0.328 e. The van der Waals surface area contributed by atoms with Crippen molar-refractivity contribution in [2.24, 2.45) is 5.84 Å². The van der Waals surface area contributed by atoms with Crippen molar-refractivity contribution >= 4 is 17.6 Å². The van der Waals surface area contributed by atoms with Crippen LogP contribution in [0, 0.1) is 0 Å². The predicted octanol–water partition coefficient (Wildman–Crippen LogP) is 0.112. The van der Waals surface area contributed by atoms with Crippen LogP contribution in [0.4, 0.5) is 5.69 Å². The first-order valence-electron chi connectivity index (χ1n) is 5.86. The average molecular weight is 265 g/mol. The van der Waals surface area contributed by atoms with E-state index in [4.69, 9.17) is 10.6 Å². The van der Waals surface area contributed by atoms with Crippen LogP contribution in [-0.2, 0) is 14.4 Å². The number of hydrogen-bond donors (Lipinski definition) is 2. The Morgan fingerprint density at radius 3 is 3.00 bits per heavy atom. The smallest absolute Gasteiger partial charge is 0.328 e. The van der Waals surface area contributed by atoms with Gasteiger partial charge in [-0.2, -0.15) is 0 Å². The van der Waals surface area contributed by atoms with Crippen LogP contribution >= 0.6 is 0 Å². The van der Waals surface area contributed by atoms with Crippen LogP contribution in [-0.4, -0.2) is 24.5 Å². The second-order valence-electron chi connectivity index (χ2n) is 4.06. The Bertz CT molecular complexity index is 492. The Morgan fingerprint density at radius 1 is 1.53 bits per heavy atom. The van der Waals surface area contributed by atoms with E-state index in [1.54, 1.807) is 25.1 Å². The van der Waals surface area contributed by atoms with Crippen LogP contribution in [0.1, 0.15) is 13.3 Å². The van der Waals surface area contributed by atoms with Gasteiger partial charge in [-0.3, -0.25) is 9.59 Å². The highest BCUT2D eigenvalue weighted by Crippen LogP contribution is 2.33. The summed E-state index contributed by atoms with van der Waals surface area (Å²) in [6, 6.07) is 7.18. The zero-order valence-corrected chi connectivity index (χ0v) is 10.5. The molecule has 0 fully saturated rings. The Balaban J connectivity index is 2.14. The lowest BCUT2D eigenvalue weighted by molar-refractivity contribution is -0.151. The molecule has 1 heterocycles. The highest BCUT2D eigenvalue weighted by Gasteiger charge is 2.31. The number of fused-ring (bicyclic) bond motifs is 1. The van der Waals surface area contributed by atoms with Gasteiger partial charge in [0.15, 0.2) is 6.10 Å².